The molecule has 1 amide bonds. The number of piperidine rings is 1. The third kappa shape index (κ3) is 3.13. The van der Waals surface area contributed by atoms with Gasteiger partial charge in [-0.1, -0.05) is 0 Å². The molecular weight excluding hydrogens is 276 g/mol. The molecule has 3 rings (SSSR count). The fourth-order valence-corrected chi connectivity index (χ4v) is 3.02. The fraction of sp³-hybridized carbons (Fsp3) is 0.500. The van der Waals surface area contributed by atoms with E-state index >= 15 is 0 Å². The first kappa shape index (κ1) is 13.0. The van der Waals surface area contributed by atoms with Crippen molar-refractivity contribution in [2.24, 2.45) is 0 Å². The van der Waals surface area contributed by atoms with E-state index in [0.29, 0.717) is 0 Å². The zero-order chi connectivity index (χ0) is 13.8. The van der Waals surface area contributed by atoms with Gasteiger partial charge in [-0.25, -0.2) is 14.6 Å². The minimum atomic E-state index is -0.0109. The Labute approximate surface area is 120 Å². The van der Waals surface area contributed by atoms with Crippen LogP contribution in [0.3, 0.4) is 0 Å². The number of amides is 1. The van der Waals surface area contributed by atoms with Gasteiger partial charge >= 0.3 is 0 Å². The quantitative estimate of drug-likeness (QED) is 0.889. The average Bonchev–Trinajstić information content (AvgIpc) is 3.12. The summed E-state index contributed by atoms with van der Waals surface area (Å²) in [7, 11) is 0. The topological polar surface area (TPSA) is 75.9 Å². The van der Waals surface area contributed by atoms with E-state index in [9.17, 15) is 4.79 Å². The smallest absolute Gasteiger partial charge is 0.242 e. The highest BCUT2D eigenvalue weighted by atomic mass is 32.1. The maximum atomic E-state index is 11.9. The number of rotatable bonds is 4. The molecule has 8 heteroatoms. The molecule has 3 heterocycles. The average molecular weight is 292 g/mol. The van der Waals surface area contributed by atoms with Crippen LogP contribution in [0.15, 0.2) is 24.2 Å². The number of nitrogens with zero attached hydrogens (tertiary/aromatic N) is 5. The van der Waals surface area contributed by atoms with Gasteiger partial charge in [0.2, 0.25) is 5.91 Å². The standard InChI is InChI=1S/C12H16N6OS/c19-11(7-18-9-13-8-15-18)16-10-1-4-17(5-2-10)12-14-3-6-20-12/h3,6,8-10H,1-2,4-5,7H2,(H,16,19). The van der Waals surface area contributed by atoms with E-state index in [1.54, 1.807) is 17.7 Å². The molecule has 0 bridgehead atoms. The Morgan fingerprint density at radius 2 is 2.30 bits per heavy atom. The van der Waals surface area contributed by atoms with Crippen molar-refractivity contribution in [2.45, 2.75) is 25.4 Å². The SMILES string of the molecule is O=C(Cn1cncn1)NC1CCN(c2nccs2)CC1. The number of thiazole rings is 1. The summed E-state index contributed by atoms with van der Waals surface area (Å²) in [6.07, 6.45) is 6.70. The molecule has 0 atom stereocenters. The molecule has 1 aliphatic heterocycles. The van der Waals surface area contributed by atoms with Crippen molar-refractivity contribution in [2.75, 3.05) is 18.0 Å². The zero-order valence-electron chi connectivity index (χ0n) is 11.0. The number of carbonyl (C=O) groups is 1. The van der Waals surface area contributed by atoms with Gasteiger partial charge in [0.1, 0.15) is 19.2 Å². The van der Waals surface area contributed by atoms with Crippen molar-refractivity contribution in [1.82, 2.24) is 25.1 Å². The van der Waals surface area contributed by atoms with Crippen molar-refractivity contribution in [3.05, 3.63) is 24.2 Å². The summed E-state index contributed by atoms with van der Waals surface area (Å²) in [6, 6.07) is 0.238. The van der Waals surface area contributed by atoms with E-state index in [2.05, 4.69) is 25.3 Å². The van der Waals surface area contributed by atoms with Crippen LogP contribution in [-0.2, 0) is 11.3 Å². The second-order valence-electron chi connectivity index (χ2n) is 4.74. The Bertz CT molecular complexity index is 532. The van der Waals surface area contributed by atoms with Crippen LogP contribution in [-0.4, -0.2) is 44.8 Å². The van der Waals surface area contributed by atoms with Crippen LogP contribution in [0, 0.1) is 0 Å². The molecule has 0 aliphatic carbocycles. The Kier molecular flexibility index (Phi) is 3.91. The lowest BCUT2D eigenvalue weighted by atomic mass is 10.1. The van der Waals surface area contributed by atoms with Crippen LogP contribution in [0.4, 0.5) is 5.13 Å². The highest BCUT2D eigenvalue weighted by Crippen LogP contribution is 2.21. The number of hydrogen-bond donors (Lipinski definition) is 1. The summed E-state index contributed by atoms with van der Waals surface area (Å²) in [5.41, 5.74) is 0. The molecule has 2 aromatic rings. The van der Waals surface area contributed by atoms with Gasteiger partial charge < -0.3 is 10.2 Å². The maximum absolute atomic E-state index is 11.9. The van der Waals surface area contributed by atoms with Gasteiger partial charge in [0.05, 0.1) is 0 Å². The van der Waals surface area contributed by atoms with Crippen molar-refractivity contribution in [3.8, 4) is 0 Å². The first-order valence-corrected chi connectivity index (χ1v) is 7.45. The predicted molar refractivity (Wildman–Crippen MR) is 75.5 cm³/mol. The maximum Gasteiger partial charge on any atom is 0.242 e. The van der Waals surface area contributed by atoms with E-state index in [0.717, 1.165) is 31.1 Å². The van der Waals surface area contributed by atoms with Crippen LogP contribution < -0.4 is 10.2 Å². The Morgan fingerprint density at radius 3 is 2.95 bits per heavy atom. The molecule has 1 fully saturated rings. The van der Waals surface area contributed by atoms with Gasteiger partial charge in [-0.05, 0) is 12.8 Å². The molecule has 0 spiro atoms. The van der Waals surface area contributed by atoms with E-state index in [1.165, 1.54) is 11.0 Å². The number of anilines is 1. The highest BCUT2D eigenvalue weighted by molar-refractivity contribution is 7.13. The molecule has 20 heavy (non-hydrogen) atoms. The molecule has 0 unspecified atom stereocenters. The highest BCUT2D eigenvalue weighted by Gasteiger charge is 2.21. The largest absolute Gasteiger partial charge is 0.352 e. The number of nitrogens with one attached hydrogen (secondary N) is 1. The monoisotopic (exact) mass is 292 g/mol. The molecule has 7 nitrogen and oxygen atoms in total. The van der Waals surface area contributed by atoms with E-state index in [1.807, 2.05) is 11.6 Å². The predicted octanol–water partition coefficient (Wildman–Crippen LogP) is 0.520. The molecule has 0 radical (unpaired) electrons. The first-order valence-electron chi connectivity index (χ1n) is 6.57. The van der Waals surface area contributed by atoms with Gasteiger partial charge in [0.15, 0.2) is 5.13 Å². The summed E-state index contributed by atoms with van der Waals surface area (Å²) in [5.74, 6) is -0.0109. The lowest BCUT2D eigenvalue weighted by Gasteiger charge is -2.32. The third-order valence-corrected chi connectivity index (χ3v) is 4.15. The molecule has 2 aromatic heterocycles. The van der Waals surface area contributed by atoms with Gasteiger partial charge in [-0.15, -0.1) is 11.3 Å². The number of carbonyl (C=O) groups excluding carboxylic acids is 1. The summed E-state index contributed by atoms with van der Waals surface area (Å²) in [6.45, 7) is 2.09. The Morgan fingerprint density at radius 1 is 1.45 bits per heavy atom. The summed E-state index contributed by atoms with van der Waals surface area (Å²) in [4.78, 5) is 22.3. The van der Waals surface area contributed by atoms with E-state index < -0.39 is 0 Å². The molecule has 1 saturated heterocycles. The number of hydrogen-bond acceptors (Lipinski definition) is 6. The normalized spacial score (nSPS) is 16.3. The van der Waals surface area contributed by atoms with Crippen molar-refractivity contribution in [3.63, 3.8) is 0 Å². The summed E-state index contributed by atoms with van der Waals surface area (Å²) >= 11 is 1.66. The van der Waals surface area contributed by atoms with Gasteiger partial charge in [-0.2, -0.15) is 5.10 Å². The molecule has 0 saturated carbocycles. The summed E-state index contributed by atoms with van der Waals surface area (Å²) in [5, 5.41) is 10.0. The van der Waals surface area contributed by atoms with Crippen LogP contribution in [0.2, 0.25) is 0 Å². The van der Waals surface area contributed by atoms with Gasteiger partial charge in [-0.3, -0.25) is 4.79 Å². The molecule has 1 N–H and O–H groups in total. The van der Waals surface area contributed by atoms with Crippen LogP contribution in [0.5, 0.6) is 0 Å². The van der Waals surface area contributed by atoms with Gasteiger partial charge in [0, 0.05) is 30.7 Å². The minimum absolute atomic E-state index is 0.0109. The van der Waals surface area contributed by atoms with Crippen molar-refractivity contribution >= 4 is 22.4 Å². The number of aromatic nitrogens is 4. The van der Waals surface area contributed by atoms with Crippen molar-refractivity contribution < 1.29 is 4.79 Å². The van der Waals surface area contributed by atoms with Crippen LogP contribution >= 0.6 is 11.3 Å². The Hall–Kier alpha value is -1.96. The third-order valence-electron chi connectivity index (χ3n) is 3.32. The lowest BCUT2D eigenvalue weighted by Crippen LogP contribution is -2.45. The Balaban J connectivity index is 1.45. The lowest BCUT2D eigenvalue weighted by molar-refractivity contribution is -0.122. The summed E-state index contributed by atoms with van der Waals surface area (Å²) < 4.78 is 1.53. The fourth-order valence-electron chi connectivity index (χ4n) is 2.32. The molecule has 0 aromatic carbocycles. The minimum Gasteiger partial charge on any atom is -0.352 e. The first-order chi connectivity index (χ1) is 9.81. The molecule has 106 valence electrons. The van der Waals surface area contributed by atoms with Gasteiger partial charge in [0.25, 0.3) is 0 Å². The zero-order valence-corrected chi connectivity index (χ0v) is 11.8. The van der Waals surface area contributed by atoms with Crippen LogP contribution in [0.25, 0.3) is 0 Å². The molecule has 1 aliphatic rings. The van der Waals surface area contributed by atoms with E-state index in [-0.39, 0.29) is 18.5 Å². The van der Waals surface area contributed by atoms with Crippen LogP contribution in [0.1, 0.15) is 12.8 Å². The second-order valence-corrected chi connectivity index (χ2v) is 5.61. The molecular formula is C12H16N6OS. The van der Waals surface area contributed by atoms with E-state index in [4.69, 9.17) is 0 Å². The van der Waals surface area contributed by atoms with Crippen molar-refractivity contribution in [1.29, 1.82) is 0 Å². The second kappa shape index (κ2) is 6.00.